The van der Waals surface area contributed by atoms with Crippen molar-refractivity contribution in [3.63, 3.8) is 0 Å². The third-order valence-corrected chi connectivity index (χ3v) is 6.50. The summed E-state index contributed by atoms with van der Waals surface area (Å²) in [5.74, 6) is 5.30. The van der Waals surface area contributed by atoms with Gasteiger partial charge in [-0.2, -0.15) is 11.8 Å². The molecular formula is C20H26N2O3S2. The monoisotopic (exact) mass is 406 g/mol. The van der Waals surface area contributed by atoms with Gasteiger partial charge in [-0.3, -0.25) is 4.79 Å². The summed E-state index contributed by atoms with van der Waals surface area (Å²) < 4.78 is 11.1. The van der Waals surface area contributed by atoms with Crippen LogP contribution in [0.25, 0.3) is 0 Å². The first kappa shape index (κ1) is 20.2. The van der Waals surface area contributed by atoms with Gasteiger partial charge in [0.2, 0.25) is 5.91 Å². The smallest absolute Gasteiger partial charge is 0.233 e. The minimum atomic E-state index is 0.0966. The summed E-state index contributed by atoms with van der Waals surface area (Å²) >= 11 is 3.49. The number of rotatable bonds is 9. The van der Waals surface area contributed by atoms with E-state index in [1.165, 1.54) is 0 Å². The molecule has 1 amide bonds. The first-order valence-corrected chi connectivity index (χ1v) is 11.1. The van der Waals surface area contributed by atoms with Crippen LogP contribution in [0.3, 0.4) is 0 Å². The number of hydrogen-bond acceptors (Lipinski definition) is 6. The fourth-order valence-electron chi connectivity index (χ4n) is 2.97. The van der Waals surface area contributed by atoms with Crippen LogP contribution in [0.1, 0.15) is 22.5 Å². The first-order valence-electron chi connectivity index (χ1n) is 8.92. The SMILES string of the molecule is COc1ccc(C2SCC(=O)N2CCSCc2ccc(CN(C)C)o2)cc1. The van der Waals surface area contributed by atoms with Gasteiger partial charge < -0.3 is 19.0 Å². The summed E-state index contributed by atoms with van der Waals surface area (Å²) in [5, 5.41) is 0.0966. The van der Waals surface area contributed by atoms with E-state index >= 15 is 0 Å². The average molecular weight is 407 g/mol. The van der Waals surface area contributed by atoms with Gasteiger partial charge in [-0.05, 0) is 43.9 Å². The number of hydrogen-bond donors (Lipinski definition) is 0. The fourth-order valence-corrected chi connectivity index (χ4v) is 5.02. The van der Waals surface area contributed by atoms with E-state index in [2.05, 4.69) is 4.90 Å². The van der Waals surface area contributed by atoms with Crippen molar-refractivity contribution in [2.45, 2.75) is 17.7 Å². The Labute approximate surface area is 169 Å². The molecule has 1 aromatic carbocycles. The van der Waals surface area contributed by atoms with E-state index in [-0.39, 0.29) is 11.3 Å². The zero-order valence-electron chi connectivity index (χ0n) is 16.0. The van der Waals surface area contributed by atoms with Gasteiger partial charge in [0.25, 0.3) is 0 Å². The lowest BCUT2D eigenvalue weighted by Crippen LogP contribution is -2.30. The predicted octanol–water partition coefficient (Wildman–Crippen LogP) is 3.86. The van der Waals surface area contributed by atoms with E-state index in [1.807, 2.05) is 55.4 Å². The van der Waals surface area contributed by atoms with E-state index in [0.29, 0.717) is 5.75 Å². The molecule has 3 rings (SSSR count). The highest BCUT2D eigenvalue weighted by Gasteiger charge is 2.32. The molecule has 0 bridgehead atoms. The zero-order chi connectivity index (χ0) is 19.2. The average Bonchev–Trinajstić information content (AvgIpc) is 3.25. The van der Waals surface area contributed by atoms with Crippen LogP contribution in [0.4, 0.5) is 0 Å². The van der Waals surface area contributed by atoms with Crippen molar-refractivity contribution in [3.8, 4) is 5.75 Å². The molecular weight excluding hydrogens is 380 g/mol. The number of furan rings is 1. The number of thioether (sulfide) groups is 2. The van der Waals surface area contributed by atoms with Crippen molar-refractivity contribution in [2.24, 2.45) is 0 Å². The van der Waals surface area contributed by atoms with Crippen LogP contribution in [0.5, 0.6) is 5.75 Å². The predicted molar refractivity (Wildman–Crippen MR) is 112 cm³/mol. The molecule has 0 N–H and O–H groups in total. The van der Waals surface area contributed by atoms with Gasteiger partial charge in [0.1, 0.15) is 22.6 Å². The van der Waals surface area contributed by atoms with Gasteiger partial charge >= 0.3 is 0 Å². The zero-order valence-corrected chi connectivity index (χ0v) is 17.6. The topological polar surface area (TPSA) is 45.9 Å². The summed E-state index contributed by atoms with van der Waals surface area (Å²) in [4.78, 5) is 16.4. The van der Waals surface area contributed by atoms with Crippen LogP contribution in [0.2, 0.25) is 0 Å². The Morgan fingerprint density at radius 1 is 1.22 bits per heavy atom. The quantitative estimate of drug-likeness (QED) is 0.590. The van der Waals surface area contributed by atoms with Crippen molar-refractivity contribution in [1.29, 1.82) is 0 Å². The molecule has 5 nitrogen and oxygen atoms in total. The van der Waals surface area contributed by atoms with Crippen LogP contribution in [0, 0.1) is 0 Å². The number of amides is 1. The molecule has 0 saturated carbocycles. The molecule has 2 heterocycles. The minimum absolute atomic E-state index is 0.0966. The molecule has 1 atom stereocenters. The van der Waals surface area contributed by atoms with Crippen LogP contribution in [0.15, 0.2) is 40.8 Å². The number of carbonyl (C=O) groups excluding carboxylic acids is 1. The molecule has 146 valence electrons. The van der Waals surface area contributed by atoms with Crippen molar-refractivity contribution >= 4 is 29.4 Å². The van der Waals surface area contributed by atoms with Crippen LogP contribution in [-0.2, 0) is 17.1 Å². The number of carbonyl (C=O) groups is 1. The standard InChI is InChI=1S/C20H26N2O3S2/c1-21(2)12-17-8-9-18(25-17)13-26-11-10-22-19(23)14-27-20(22)15-4-6-16(24-3)7-5-15/h4-9,20H,10-14H2,1-3H3. The molecule has 0 aliphatic carbocycles. The Morgan fingerprint density at radius 3 is 2.67 bits per heavy atom. The van der Waals surface area contributed by atoms with Crippen molar-refractivity contribution in [1.82, 2.24) is 9.80 Å². The first-order chi connectivity index (χ1) is 13.1. The van der Waals surface area contributed by atoms with Crippen molar-refractivity contribution < 1.29 is 13.9 Å². The highest BCUT2D eigenvalue weighted by atomic mass is 32.2. The summed E-state index contributed by atoms with van der Waals surface area (Å²) in [5.41, 5.74) is 1.15. The summed E-state index contributed by atoms with van der Waals surface area (Å²) in [7, 11) is 5.72. The second-order valence-electron chi connectivity index (χ2n) is 6.68. The maximum Gasteiger partial charge on any atom is 0.233 e. The molecule has 1 saturated heterocycles. The molecule has 1 fully saturated rings. The summed E-state index contributed by atoms with van der Waals surface area (Å²) in [6, 6.07) is 12.1. The molecule has 0 radical (unpaired) electrons. The largest absolute Gasteiger partial charge is 0.497 e. The maximum absolute atomic E-state index is 12.3. The number of nitrogens with zero attached hydrogens (tertiary/aromatic N) is 2. The van der Waals surface area contributed by atoms with Crippen molar-refractivity contribution in [2.75, 3.05) is 39.3 Å². The number of benzene rings is 1. The molecule has 1 aliphatic rings. The number of methoxy groups -OCH3 is 1. The molecule has 1 aliphatic heterocycles. The lowest BCUT2D eigenvalue weighted by Gasteiger charge is -2.24. The second-order valence-corrected chi connectivity index (χ2v) is 8.86. The fraction of sp³-hybridized carbons (Fsp3) is 0.450. The maximum atomic E-state index is 12.3. The van der Waals surface area contributed by atoms with Gasteiger partial charge in [0.05, 0.1) is 25.2 Å². The molecule has 1 unspecified atom stereocenters. The Balaban J connectivity index is 1.49. The Hall–Kier alpha value is -1.57. The third-order valence-electron chi connectivity index (χ3n) is 4.28. The Bertz CT molecular complexity index is 746. The van der Waals surface area contributed by atoms with Crippen LogP contribution < -0.4 is 4.74 Å². The molecule has 7 heteroatoms. The van der Waals surface area contributed by atoms with E-state index in [1.54, 1.807) is 30.6 Å². The Kier molecular flexibility index (Phi) is 7.15. The molecule has 27 heavy (non-hydrogen) atoms. The van der Waals surface area contributed by atoms with E-state index in [0.717, 1.165) is 47.4 Å². The second kappa shape index (κ2) is 9.57. The van der Waals surface area contributed by atoms with E-state index in [4.69, 9.17) is 9.15 Å². The van der Waals surface area contributed by atoms with E-state index < -0.39 is 0 Å². The third kappa shape index (κ3) is 5.46. The lowest BCUT2D eigenvalue weighted by atomic mass is 10.2. The van der Waals surface area contributed by atoms with Gasteiger partial charge in [0, 0.05) is 12.3 Å². The summed E-state index contributed by atoms with van der Waals surface area (Å²) in [6.07, 6.45) is 0. The van der Waals surface area contributed by atoms with Crippen molar-refractivity contribution in [3.05, 3.63) is 53.5 Å². The highest BCUT2D eigenvalue weighted by Crippen LogP contribution is 2.39. The van der Waals surface area contributed by atoms with Gasteiger partial charge in [-0.25, -0.2) is 0 Å². The minimum Gasteiger partial charge on any atom is -0.497 e. The Morgan fingerprint density at radius 2 is 1.96 bits per heavy atom. The normalized spacial score (nSPS) is 17.1. The van der Waals surface area contributed by atoms with Gasteiger partial charge in [0.15, 0.2) is 0 Å². The molecule has 0 spiro atoms. The van der Waals surface area contributed by atoms with Crippen LogP contribution >= 0.6 is 23.5 Å². The van der Waals surface area contributed by atoms with Gasteiger partial charge in [-0.15, -0.1) is 11.8 Å². The van der Waals surface area contributed by atoms with Crippen LogP contribution in [-0.4, -0.2) is 55.0 Å². The lowest BCUT2D eigenvalue weighted by molar-refractivity contribution is -0.127. The molecule has 1 aromatic heterocycles. The van der Waals surface area contributed by atoms with E-state index in [9.17, 15) is 4.79 Å². The molecule has 2 aromatic rings. The van der Waals surface area contributed by atoms with Gasteiger partial charge in [-0.1, -0.05) is 12.1 Å². The highest BCUT2D eigenvalue weighted by molar-refractivity contribution is 8.00. The summed E-state index contributed by atoms with van der Waals surface area (Å²) in [6.45, 7) is 1.56. The number of ether oxygens (including phenoxy) is 1.